The van der Waals surface area contributed by atoms with E-state index in [0.29, 0.717) is 82.6 Å². The lowest BCUT2D eigenvalue weighted by Crippen LogP contribution is -2.08. The van der Waals surface area contributed by atoms with Crippen molar-refractivity contribution >= 4 is 99.5 Å². The molecule has 3 aliphatic rings. The molecule has 0 atom stereocenters. The van der Waals surface area contributed by atoms with Gasteiger partial charge in [-0.05, 0) is 145 Å². The summed E-state index contributed by atoms with van der Waals surface area (Å²) in [6, 6.07) is 37.7. The monoisotopic (exact) mass is 1270 g/mol. The molecule has 8 N–H and O–H groups in total. The third-order valence-electron chi connectivity index (χ3n) is 16.8. The Balaban J connectivity index is 0.000000121. The number of thiophene rings is 3. The number of fused-ring (bicyclic) bond motifs is 6. The fraction of sp³-hybridized carbons (Fsp3) is 0.174. The van der Waals surface area contributed by atoms with Crippen molar-refractivity contribution in [3.63, 3.8) is 0 Å². The molecular weight excluding hydrogens is 1220 g/mol. The second-order valence-electron chi connectivity index (χ2n) is 21.9. The molecule has 12 aromatic rings. The minimum Gasteiger partial charge on any atom is -0.507 e. The van der Waals surface area contributed by atoms with Gasteiger partial charge < -0.3 is 40.5 Å². The average molecular weight is 1270 g/mol. The molecule has 0 bridgehead atoms. The molecule has 11 nitrogen and oxygen atoms in total. The molecule has 6 aromatic heterocycles. The molecule has 0 fully saturated rings. The predicted molar refractivity (Wildman–Crippen MR) is 353 cm³/mol. The Morgan fingerprint density at radius 1 is 0.356 bits per heavy atom. The van der Waals surface area contributed by atoms with Crippen molar-refractivity contribution < 1.29 is 29.9 Å². The van der Waals surface area contributed by atoms with Crippen LogP contribution in [0, 0.1) is 5.82 Å². The molecule has 0 unspecified atom stereocenters. The summed E-state index contributed by atoms with van der Waals surface area (Å²) < 4.78 is 14.7. The fourth-order valence-corrected chi connectivity index (χ4v) is 16.7. The van der Waals surface area contributed by atoms with E-state index in [2.05, 4.69) is 33.2 Å². The van der Waals surface area contributed by atoms with Crippen LogP contribution in [0.4, 0.5) is 4.39 Å². The highest BCUT2D eigenvalue weighted by Gasteiger charge is 2.29. The first-order chi connectivity index (χ1) is 42.1. The average Bonchev–Trinajstić information content (AvgIpc) is 1.73. The van der Waals surface area contributed by atoms with E-state index in [1.165, 1.54) is 70.9 Å². The highest BCUT2D eigenvalue weighted by atomic mass is 35.5. The molecule has 438 valence electrons. The van der Waals surface area contributed by atoms with Gasteiger partial charge in [-0.1, -0.05) is 150 Å². The van der Waals surface area contributed by atoms with E-state index in [-0.39, 0.29) is 56.6 Å². The van der Waals surface area contributed by atoms with Gasteiger partial charge in [0, 0.05) is 27.8 Å². The van der Waals surface area contributed by atoms with Gasteiger partial charge >= 0.3 is 0 Å². The number of rotatable bonds is 6. The molecule has 0 amide bonds. The molecule has 18 heteroatoms. The van der Waals surface area contributed by atoms with E-state index in [1.807, 2.05) is 72.8 Å². The van der Waals surface area contributed by atoms with Gasteiger partial charge in [0.2, 0.25) is 0 Å². The second kappa shape index (κ2) is 23.8. The Morgan fingerprint density at radius 3 is 1.14 bits per heavy atom. The number of aromatic hydroxyl groups is 5. The van der Waals surface area contributed by atoms with Crippen molar-refractivity contribution in [3.05, 3.63) is 211 Å². The van der Waals surface area contributed by atoms with E-state index < -0.39 is 11.4 Å². The first kappa shape index (κ1) is 57.9. The summed E-state index contributed by atoms with van der Waals surface area (Å²) in [7, 11) is 0. The molecule has 0 radical (unpaired) electrons. The van der Waals surface area contributed by atoms with Crippen molar-refractivity contribution in [1.29, 1.82) is 0 Å². The zero-order valence-corrected chi connectivity index (χ0v) is 51.0. The van der Waals surface area contributed by atoms with Gasteiger partial charge in [-0.25, -0.2) is 4.39 Å². The van der Waals surface area contributed by atoms with Gasteiger partial charge in [-0.3, -0.25) is 14.4 Å². The van der Waals surface area contributed by atoms with E-state index in [4.69, 9.17) is 34.8 Å². The summed E-state index contributed by atoms with van der Waals surface area (Å²) in [5, 5.41) is 56.8. The third-order valence-corrected chi connectivity index (χ3v) is 20.8. The van der Waals surface area contributed by atoms with Crippen LogP contribution < -0.4 is 16.7 Å². The van der Waals surface area contributed by atoms with Gasteiger partial charge in [-0.15, -0.1) is 34.0 Å². The predicted octanol–water partition coefficient (Wildman–Crippen LogP) is 18.0. The van der Waals surface area contributed by atoms with Crippen LogP contribution in [0.3, 0.4) is 0 Å². The van der Waals surface area contributed by atoms with Crippen LogP contribution in [0.25, 0.3) is 97.4 Å². The van der Waals surface area contributed by atoms with Crippen LogP contribution in [0.1, 0.15) is 71.9 Å². The van der Waals surface area contributed by atoms with E-state index in [1.54, 1.807) is 12.1 Å². The quantitative estimate of drug-likeness (QED) is 0.0804. The largest absolute Gasteiger partial charge is 0.507 e. The van der Waals surface area contributed by atoms with Crippen molar-refractivity contribution in [2.24, 2.45) is 0 Å². The molecular formula is C69H53Cl3FN3O8S3. The number of H-pyrrole nitrogens is 3. The van der Waals surface area contributed by atoms with Crippen LogP contribution in [0.2, 0.25) is 13.0 Å². The second-order valence-corrected chi connectivity index (χ2v) is 26.8. The number of phenols is 2. The highest BCUT2D eigenvalue weighted by Crippen LogP contribution is 2.53. The van der Waals surface area contributed by atoms with Gasteiger partial charge in [0.25, 0.3) is 16.7 Å². The number of aromatic nitrogens is 3. The summed E-state index contributed by atoms with van der Waals surface area (Å²) in [4.78, 5) is 48.0. The van der Waals surface area contributed by atoms with Crippen LogP contribution in [0.15, 0.2) is 142 Å². The Labute approximate surface area is 523 Å². The van der Waals surface area contributed by atoms with Crippen LogP contribution in [-0.2, 0) is 38.5 Å². The maximum Gasteiger partial charge on any atom is 0.260 e. The number of halogens is 4. The molecule has 0 spiro atoms. The number of nitrogens with one attached hydrogen (secondary N) is 3. The molecule has 3 aliphatic carbocycles. The molecule has 0 saturated carbocycles. The fourth-order valence-electron chi connectivity index (χ4n) is 12.6. The summed E-state index contributed by atoms with van der Waals surface area (Å²) in [5.41, 5.74) is 11.9. The molecule has 6 heterocycles. The number of hydrogen-bond donors (Lipinski definition) is 8. The normalized spacial score (nSPS) is 13.6. The first-order valence-corrected chi connectivity index (χ1v) is 32.1. The Kier molecular flexibility index (Phi) is 15.9. The molecule has 0 aliphatic heterocycles. The van der Waals surface area contributed by atoms with Crippen molar-refractivity contribution in [3.8, 4) is 95.5 Å². The Bertz CT molecular complexity index is 4900. The SMILES string of the molecule is O=c1[nH]c2sc(Cl)c(-c3ccc4c(c3)CCCC4)c2c(O)c1-c1ccccc1.O=c1[nH]c2sc(Cl)c(-c3ccc4c(c3O)CCCC4)c2c(O)c1-c1ccc(F)cc1.O=c1[nH]c2sc(Cl)c(-c3ccc4c(c3O)CCCC4)c2c(O)c1-c1ccccc1. The summed E-state index contributed by atoms with van der Waals surface area (Å²) >= 11 is 23.3. The smallest absolute Gasteiger partial charge is 0.260 e. The molecule has 6 aromatic carbocycles. The van der Waals surface area contributed by atoms with Crippen molar-refractivity contribution in [2.75, 3.05) is 0 Å². The number of aryl methyl sites for hydroxylation is 4. The highest BCUT2D eigenvalue weighted by molar-refractivity contribution is 7.24. The number of benzene rings is 6. The summed E-state index contributed by atoms with van der Waals surface area (Å²) in [5.74, 6) is -0.422. The lowest BCUT2D eigenvalue weighted by molar-refractivity contribution is 0.463. The zero-order valence-electron chi connectivity index (χ0n) is 46.3. The van der Waals surface area contributed by atoms with E-state index >= 15 is 0 Å². The summed E-state index contributed by atoms with van der Waals surface area (Å²) in [6.45, 7) is 0. The maximum absolute atomic E-state index is 13.3. The number of phenolic OH excluding ortho intramolecular Hbond substituents is 2. The number of hydrogen-bond acceptors (Lipinski definition) is 11. The first-order valence-electron chi connectivity index (χ1n) is 28.5. The zero-order chi connectivity index (χ0) is 60.4. The Morgan fingerprint density at radius 2 is 0.701 bits per heavy atom. The lowest BCUT2D eigenvalue weighted by Gasteiger charge is -2.19. The standard InChI is InChI=1S/C23H17ClFNO3S.C23H18ClNO3S.C23H18ClNO2S/c24-21-17(15-10-7-11-3-1-2-4-14(11)19(15)27)18-20(28)16(22(29)26-23(18)30-21)12-5-8-13(25)9-6-12;24-21-17(15-11-10-12-6-4-5-9-14(12)19(15)26)18-20(27)16(13-7-2-1-3-8-13)22(28)25-23(18)29-21;24-21-17(16-11-10-13-6-4-5-9-15(13)12-16)19-20(26)18(14-7-2-1-3-8-14)22(27)25-23(19)28-21/h5-10,27H,1-4H2,(H2,26,28,29);1-3,7-8,10-11,26H,4-6,9H2,(H2,25,27,28);1-3,7-8,10-12H,4-6,9H2,(H2,25,26,27). The maximum atomic E-state index is 13.3. The third kappa shape index (κ3) is 10.6. The van der Waals surface area contributed by atoms with Crippen molar-refractivity contribution in [1.82, 2.24) is 15.0 Å². The Hall–Kier alpha value is -8.15. The van der Waals surface area contributed by atoms with E-state index in [0.717, 1.165) is 109 Å². The number of aromatic amines is 3. The summed E-state index contributed by atoms with van der Waals surface area (Å²) in [6.07, 6.45) is 12.4. The van der Waals surface area contributed by atoms with Gasteiger partial charge in [-0.2, -0.15) is 0 Å². The molecule has 15 rings (SSSR count). The topological polar surface area (TPSA) is 200 Å². The van der Waals surface area contributed by atoms with Crippen molar-refractivity contribution in [2.45, 2.75) is 77.0 Å². The van der Waals surface area contributed by atoms with Gasteiger partial charge in [0.1, 0.15) is 62.1 Å². The lowest BCUT2D eigenvalue weighted by atomic mass is 9.88. The minimum absolute atomic E-state index is 0.0131. The molecule has 87 heavy (non-hydrogen) atoms. The van der Waals surface area contributed by atoms with Crippen LogP contribution >= 0.6 is 68.8 Å². The van der Waals surface area contributed by atoms with Crippen LogP contribution in [-0.4, -0.2) is 40.5 Å². The van der Waals surface area contributed by atoms with Gasteiger partial charge in [0.15, 0.2) is 0 Å². The van der Waals surface area contributed by atoms with Gasteiger partial charge in [0.05, 0.1) is 32.8 Å². The number of pyridine rings is 3. The van der Waals surface area contributed by atoms with Crippen LogP contribution in [0.5, 0.6) is 28.7 Å². The minimum atomic E-state index is -0.495. The van der Waals surface area contributed by atoms with E-state index in [9.17, 15) is 44.3 Å². The molecule has 0 saturated heterocycles.